The number of carbonyl (C=O) groups is 1. The molecule has 1 aliphatic heterocycles. The molecule has 2 rings (SSSR count). The Kier molecular flexibility index (Phi) is 5.21. The first-order chi connectivity index (χ1) is 9.31. The van der Waals surface area contributed by atoms with E-state index in [9.17, 15) is 4.79 Å². The molecule has 0 bridgehead atoms. The highest BCUT2D eigenvalue weighted by Gasteiger charge is 2.20. The molecule has 0 spiro atoms. The molecule has 0 aliphatic carbocycles. The van der Waals surface area contributed by atoms with Crippen LogP contribution in [0.2, 0.25) is 0 Å². The first-order valence-electron chi connectivity index (χ1n) is 7.03. The van der Waals surface area contributed by atoms with E-state index in [1.165, 1.54) is 0 Å². The lowest BCUT2D eigenvalue weighted by Gasteiger charge is -2.22. The molecule has 1 heterocycles. The summed E-state index contributed by atoms with van der Waals surface area (Å²) in [5.41, 5.74) is 1.02. The fourth-order valence-electron chi connectivity index (χ4n) is 2.33. The van der Waals surface area contributed by atoms with Crippen molar-refractivity contribution in [3.63, 3.8) is 0 Å². The average molecular weight is 262 g/mol. The zero-order valence-electron chi connectivity index (χ0n) is 11.4. The summed E-state index contributed by atoms with van der Waals surface area (Å²) in [5, 5.41) is 6.24. The van der Waals surface area contributed by atoms with Gasteiger partial charge < -0.3 is 15.4 Å². The van der Waals surface area contributed by atoms with Crippen LogP contribution in [0.1, 0.15) is 31.7 Å². The second kappa shape index (κ2) is 7.14. The molecule has 1 aromatic carbocycles. The highest BCUT2D eigenvalue weighted by atomic mass is 16.5. The second-order valence-electron chi connectivity index (χ2n) is 4.76. The van der Waals surface area contributed by atoms with Crippen molar-refractivity contribution in [2.24, 2.45) is 0 Å². The van der Waals surface area contributed by atoms with Gasteiger partial charge in [-0.05, 0) is 32.4 Å². The first kappa shape index (κ1) is 13.9. The lowest BCUT2D eigenvalue weighted by Crippen LogP contribution is -2.46. The van der Waals surface area contributed by atoms with E-state index < -0.39 is 0 Å². The van der Waals surface area contributed by atoms with Gasteiger partial charge in [-0.2, -0.15) is 0 Å². The van der Waals surface area contributed by atoms with E-state index in [0.717, 1.165) is 37.1 Å². The van der Waals surface area contributed by atoms with Crippen LogP contribution in [0, 0.1) is 0 Å². The Labute approximate surface area is 114 Å². The van der Waals surface area contributed by atoms with Crippen molar-refractivity contribution in [1.29, 1.82) is 0 Å². The van der Waals surface area contributed by atoms with Crippen LogP contribution in [-0.2, 0) is 11.3 Å². The predicted octanol–water partition coefficient (Wildman–Crippen LogP) is 1.84. The topological polar surface area (TPSA) is 50.4 Å². The molecule has 1 fully saturated rings. The number of carbonyl (C=O) groups excluding carboxylic acids is 1. The van der Waals surface area contributed by atoms with Gasteiger partial charge in [-0.25, -0.2) is 0 Å². The maximum absolute atomic E-state index is 12.0. The third-order valence-corrected chi connectivity index (χ3v) is 3.35. The second-order valence-corrected chi connectivity index (χ2v) is 4.76. The standard InChI is InChI=1S/C15H22N2O2/c1-2-19-14-9-4-3-7-12(14)11-17-15(18)13-8-5-6-10-16-13/h3-4,7,9,13,16H,2,5-6,8,10-11H2,1H3,(H,17,18). The summed E-state index contributed by atoms with van der Waals surface area (Å²) in [7, 11) is 0. The third kappa shape index (κ3) is 3.96. The molecule has 4 heteroatoms. The Morgan fingerprint density at radius 1 is 1.42 bits per heavy atom. The molecule has 0 saturated carbocycles. The SMILES string of the molecule is CCOc1ccccc1CNC(=O)C1CCCCN1. The van der Waals surface area contributed by atoms with Gasteiger partial charge in [-0.15, -0.1) is 0 Å². The summed E-state index contributed by atoms with van der Waals surface area (Å²) in [5.74, 6) is 0.938. The largest absolute Gasteiger partial charge is 0.494 e. The maximum Gasteiger partial charge on any atom is 0.237 e. The maximum atomic E-state index is 12.0. The van der Waals surface area contributed by atoms with Crippen molar-refractivity contribution in [2.75, 3.05) is 13.2 Å². The van der Waals surface area contributed by atoms with E-state index in [-0.39, 0.29) is 11.9 Å². The van der Waals surface area contributed by atoms with Crippen LogP contribution in [-0.4, -0.2) is 25.1 Å². The van der Waals surface area contributed by atoms with Gasteiger partial charge in [-0.3, -0.25) is 4.79 Å². The first-order valence-corrected chi connectivity index (χ1v) is 7.03. The number of nitrogens with one attached hydrogen (secondary N) is 2. The molecule has 1 amide bonds. The van der Waals surface area contributed by atoms with Gasteiger partial charge in [0.2, 0.25) is 5.91 Å². The molecular formula is C15H22N2O2. The summed E-state index contributed by atoms with van der Waals surface area (Å²) in [6.07, 6.45) is 3.22. The van der Waals surface area contributed by atoms with Crippen molar-refractivity contribution in [2.45, 2.75) is 38.8 Å². The zero-order valence-corrected chi connectivity index (χ0v) is 11.4. The lowest BCUT2D eigenvalue weighted by atomic mass is 10.0. The molecule has 4 nitrogen and oxygen atoms in total. The number of hydrogen-bond donors (Lipinski definition) is 2. The number of para-hydroxylation sites is 1. The lowest BCUT2D eigenvalue weighted by molar-refractivity contribution is -0.123. The Bertz CT molecular complexity index is 414. The summed E-state index contributed by atoms with van der Waals surface area (Å²) < 4.78 is 5.55. The molecular weight excluding hydrogens is 240 g/mol. The summed E-state index contributed by atoms with van der Waals surface area (Å²) in [6, 6.07) is 7.79. The van der Waals surface area contributed by atoms with Crippen molar-refractivity contribution in [1.82, 2.24) is 10.6 Å². The average Bonchev–Trinajstić information content (AvgIpc) is 2.47. The van der Waals surface area contributed by atoms with Crippen molar-refractivity contribution < 1.29 is 9.53 Å². The Balaban J connectivity index is 1.89. The Morgan fingerprint density at radius 3 is 3.00 bits per heavy atom. The summed E-state index contributed by atoms with van der Waals surface area (Å²) >= 11 is 0. The van der Waals surface area contributed by atoms with E-state index in [0.29, 0.717) is 13.2 Å². The number of ether oxygens (including phenoxy) is 1. The highest BCUT2D eigenvalue weighted by molar-refractivity contribution is 5.81. The number of rotatable bonds is 5. The van der Waals surface area contributed by atoms with Crippen molar-refractivity contribution in [3.05, 3.63) is 29.8 Å². The van der Waals surface area contributed by atoms with Gasteiger partial charge in [0, 0.05) is 12.1 Å². The van der Waals surface area contributed by atoms with E-state index in [2.05, 4.69) is 10.6 Å². The van der Waals surface area contributed by atoms with Crippen LogP contribution >= 0.6 is 0 Å². The molecule has 0 aromatic heterocycles. The number of piperidine rings is 1. The van der Waals surface area contributed by atoms with Crippen LogP contribution in [0.4, 0.5) is 0 Å². The van der Waals surface area contributed by atoms with Gasteiger partial charge >= 0.3 is 0 Å². The van der Waals surface area contributed by atoms with E-state index >= 15 is 0 Å². The van der Waals surface area contributed by atoms with E-state index in [1.54, 1.807) is 0 Å². The van der Waals surface area contributed by atoms with Gasteiger partial charge in [-0.1, -0.05) is 24.6 Å². The number of benzene rings is 1. The van der Waals surface area contributed by atoms with Crippen LogP contribution in [0.25, 0.3) is 0 Å². The molecule has 104 valence electrons. The molecule has 19 heavy (non-hydrogen) atoms. The number of amides is 1. The van der Waals surface area contributed by atoms with Crippen molar-refractivity contribution in [3.8, 4) is 5.75 Å². The fraction of sp³-hybridized carbons (Fsp3) is 0.533. The monoisotopic (exact) mass is 262 g/mol. The van der Waals surface area contributed by atoms with Crippen LogP contribution in [0.15, 0.2) is 24.3 Å². The quantitative estimate of drug-likeness (QED) is 0.851. The molecule has 1 atom stereocenters. The zero-order chi connectivity index (χ0) is 13.5. The smallest absolute Gasteiger partial charge is 0.237 e. The molecule has 1 saturated heterocycles. The van der Waals surface area contributed by atoms with Crippen molar-refractivity contribution >= 4 is 5.91 Å². The third-order valence-electron chi connectivity index (χ3n) is 3.35. The van der Waals surface area contributed by atoms with Gasteiger partial charge in [0.05, 0.1) is 12.6 Å². The van der Waals surface area contributed by atoms with Crippen LogP contribution in [0.5, 0.6) is 5.75 Å². The highest BCUT2D eigenvalue weighted by Crippen LogP contribution is 2.17. The molecule has 2 N–H and O–H groups in total. The number of hydrogen-bond acceptors (Lipinski definition) is 3. The predicted molar refractivity (Wildman–Crippen MR) is 75.1 cm³/mol. The van der Waals surface area contributed by atoms with Gasteiger partial charge in [0.15, 0.2) is 0 Å². The summed E-state index contributed by atoms with van der Waals surface area (Å²) in [4.78, 5) is 12.0. The minimum atomic E-state index is -0.0343. The summed E-state index contributed by atoms with van der Waals surface area (Å²) in [6.45, 7) is 4.05. The van der Waals surface area contributed by atoms with Gasteiger partial charge in [0.1, 0.15) is 5.75 Å². The Hall–Kier alpha value is -1.55. The Morgan fingerprint density at radius 2 is 2.26 bits per heavy atom. The molecule has 0 radical (unpaired) electrons. The minimum Gasteiger partial charge on any atom is -0.494 e. The molecule has 1 aliphatic rings. The fourth-order valence-corrected chi connectivity index (χ4v) is 2.33. The van der Waals surface area contributed by atoms with E-state index in [4.69, 9.17) is 4.74 Å². The molecule has 1 aromatic rings. The van der Waals surface area contributed by atoms with Crippen LogP contribution < -0.4 is 15.4 Å². The van der Waals surface area contributed by atoms with Crippen LogP contribution in [0.3, 0.4) is 0 Å². The minimum absolute atomic E-state index is 0.0343. The normalized spacial score (nSPS) is 18.9. The van der Waals surface area contributed by atoms with Gasteiger partial charge in [0.25, 0.3) is 0 Å². The molecule has 1 unspecified atom stereocenters. The van der Waals surface area contributed by atoms with E-state index in [1.807, 2.05) is 31.2 Å².